The number of ether oxygens (including phenoxy) is 2. The van der Waals surface area contributed by atoms with Gasteiger partial charge in [0.1, 0.15) is 0 Å². The van der Waals surface area contributed by atoms with Crippen LogP contribution in [0, 0.1) is 5.82 Å². The summed E-state index contributed by atoms with van der Waals surface area (Å²) in [6.45, 7) is 0.691. The lowest BCUT2D eigenvalue weighted by Gasteiger charge is -2.26. The van der Waals surface area contributed by atoms with Crippen molar-refractivity contribution in [1.29, 1.82) is 0 Å². The third-order valence-corrected chi connectivity index (χ3v) is 4.80. The van der Waals surface area contributed by atoms with E-state index in [1.807, 2.05) is 0 Å². The second-order valence-electron chi connectivity index (χ2n) is 6.38. The van der Waals surface area contributed by atoms with Crippen molar-refractivity contribution in [2.24, 2.45) is 0 Å². The van der Waals surface area contributed by atoms with Crippen LogP contribution in [-0.4, -0.2) is 55.6 Å². The van der Waals surface area contributed by atoms with E-state index >= 15 is 0 Å². The summed E-state index contributed by atoms with van der Waals surface area (Å²) in [5, 5.41) is 12.8. The number of hydrogen-bond donors (Lipinski definition) is 2. The topological polar surface area (TPSA) is 71.0 Å². The molecule has 0 aromatic heterocycles. The molecule has 1 fully saturated rings. The van der Waals surface area contributed by atoms with Gasteiger partial charge in [0, 0.05) is 13.7 Å². The summed E-state index contributed by atoms with van der Waals surface area (Å²) in [6.07, 6.45) is 1.42. The molecule has 2 aliphatic rings. The number of hydrogen-bond acceptors (Lipinski definition) is 4. The minimum Gasteiger partial charge on any atom is -0.494 e. The number of aliphatic hydroxyl groups is 1. The van der Waals surface area contributed by atoms with Gasteiger partial charge in [-0.2, -0.15) is 0 Å². The van der Waals surface area contributed by atoms with Crippen molar-refractivity contribution < 1.29 is 23.8 Å². The highest BCUT2D eigenvalue weighted by Crippen LogP contribution is 2.35. The van der Waals surface area contributed by atoms with E-state index in [0.29, 0.717) is 26.0 Å². The molecule has 1 saturated heterocycles. The zero-order valence-electron chi connectivity index (χ0n) is 13.9. The number of methoxy groups -OCH3 is 2. The maximum absolute atomic E-state index is 13.8. The number of aryl methyl sites for hydroxylation is 1. The Morgan fingerprint density at radius 3 is 2.96 bits per heavy atom. The second kappa shape index (κ2) is 6.94. The summed E-state index contributed by atoms with van der Waals surface area (Å²) in [4.78, 5) is 14.2. The lowest BCUT2D eigenvalue weighted by Crippen LogP contribution is -2.45. The Hall–Kier alpha value is -1.86. The smallest absolute Gasteiger partial charge is 0.318 e. The quantitative estimate of drug-likeness (QED) is 0.875. The highest BCUT2D eigenvalue weighted by molar-refractivity contribution is 5.76. The average molecular weight is 338 g/mol. The van der Waals surface area contributed by atoms with Crippen LogP contribution in [0.2, 0.25) is 0 Å². The van der Waals surface area contributed by atoms with Crippen LogP contribution in [0.15, 0.2) is 12.1 Å². The number of carbonyl (C=O) groups is 1. The van der Waals surface area contributed by atoms with Gasteiger partial charge in [0.15, 0.2) is 11.6 Å². The molecule has 1 aromatic rings. The largest absolute Gasteiger partial charge is 0.494 e. The zero-order chi connectivity index (χ0) is 17.3. The SMILES string of the molecule is COC[C@@H]1C[C@@H](O)CN1C(=O)NC1CCc2cc(F)c(OC)cc21. The Bertz CT molecular complexity index is 625. The average Bonchev–Trinajstić information content (AvgIpc) is 3.10. The summed E-state index contributed by atoms with van der Waals surface area (Å²) < 4.78 is 24.0. The number of halogens is 1. The Morgan fingerprint density at radius 1 is 1.46 bits per heavy atom. The van der Waals surface area contributed by atoms with E-state index in [9.17, 15) is 14.3 Å². The summed E-state index contributed by atoms with van der Waals surface area (Å²) in [5.41, 5.74) is 1.79. The third-order valence-electron chi connectivity index (χ3n) is 4.80. The van der Waals surface area contributed by atoms with Gasteiger partial charge in [0.25, 0.3) is 0 Å². The Labute approximate surface area is 140 Å². The van der Waals surface area contributed by atoms with Crippen molar-refractivity contribution in [3.8, 4) is 5.75 Å². The number of urea groups is 1. The van der Waals surface area contributed by atoms with Gasteiger partial charge in [-0.1, -0.05) is 0 Å². The first-order chi connectivity index (χ1) is 11.5. The van der Waals surface area contributed by atoms with E-state index in [2.05, 4.69) is 5.32 Å². The molecule has 2 amide bonds. The highest BCUT2D eigenvalue weighted by Gasteiger charge is 2.36. The molecular formula is C17H23FN2O4. The number of rotatable bonds is 4. The number of β-amino-alcohol motifs (C(OH)–C–C–N with tert-alkyl or cyclic N) is 1. The summed E-state index contributed by atoms with van der Waals surface area (Å²) in [6, 6.07) is 2.60. The third kappa shape index (κ3) is 3.18. The van der Waals surface area contributed by atoms with Gasteiger partial charge in [-0.3, -0.25) is 0 Å². The molecule has 3 rings (SSSR count). The fourth-order valence-electron chi connectivity index (χ4n) is 3.64. The number of aliphatic hydroxyl groups excluding tert-OH is 1. The van der Waals surface area contributed by atoms with E-state index in [0.717, 1.165) is 17.5 Å². The van der Waals surface area contributed by atoms with E-state index in [1.54, 1.807) is 18.1 Å². The van der Waals surface area contributed by atoms with Crippen molar-refractivity contribution in [3.05, 3.63) is 29.1 Å². The van der Waals surface area contributed by atoms with Crippen molar-refractivity contribution >= 4 is 6.03 Å². The fraction of sp³-hybridized carbons (Fsp3) is 0.588. The van der Waals surface area contributed by atoms with E-state index in [-0.39, 0.29) is 29.7 Å². The first-order valence-corrected chi connectivity index (χ1v) is 8.14. The fourth-order valence-corrected chi connectivity index (χ4v) is 3.64. The molecular weight excluding hydrogens is 315 g/mol. The maximum Gasteiger partial charge on any atom is 0.318 e. The number of carbonyl (C=O) groups excluding carboxylic acids is 1. The molecule has 132 valence electrons. The molecule has 2 N–H and O–H groups in total. The molecule has 1 aliphatic heterocycles. The first kappa shape index (κ1) is 17.0. The normalized spacial score (nSPS) is 25.7. The molecule has 0 spiro atoms. The second-order valence-corrected chi connectivity index (χ2v) is 6.38. The van der Waals surface area contributed by atoms with Crippen molar-refractivity contribution in [3.63, 3.8) is 0 Å². The van der Waals surface area contributed by atoms with Crippen LogP contribution >= 0.6 is 0 Å². The van der Waals surface area contributed by atoms with Gasteiger partial charge in [-0.05, 0) is 42.5 Å². The van der Waals surface area contributed by atoms with Gasteiger partial charge >= 0.3 is 6.03 Å². The van der Waals surface area contributed by atoms with Crippen LogP contribution in [0.5, 0.6) is 5.75 Å². The zero-order valence-corrected chi connectivity index (χ0v) is 13.9. The number of benzene rings is 1. The Balaban J connectivity index is 1.73. The van der Waals surface area contributed by atoms with Crippen LogP contribution < -0.4 is 10.1 Å². The standard InChI is InChI=1S/C17H23FN2O4/c1-23-9-11-6-12(21)8-20(11)17(22)19-15-4-3-10-5-14(18)16(24-2)7-13(10)15/h5,7,11-12,15,21H,3-4,6,8-9H2,1-2H3,(H,19,22)/t11-,12+,15?/m0/s1. The van der Waals surface area contributed by atoms with Crippen LogP contribution in [0.25, 0.3) is 0 Å². The summed E-state index contributed by atoms with van der Waals surface area (Å²) >= 11 is 0. The number of nitrogens with one attached hydrogen (secondary N) is 1. The molecule has 0 radical (unpaired) electrons. The number of fused-ring (bicyclic) bond motifs is 1. The monoisotopic (exact) mass is 338 g/mol. The van der Waals surface area contributed by atoms with E-state index in [4.69, 9.17) is 9.47 Å². The maximum atomic E-state index is 13.8. The van der Waals surface area contributed by atoms with Crippen LogP contribution in [-0.2, 0) is 11.2 Å². The molecule has 1 aromatic carbocycles. The Morgan fingerprint density at radius 2 is 2.25 bits per heavy atom. The van der Waals surface area contributed by atoms with Crippen LogP contribution in [0.1, 0.15) is 30.0 Å². The van der Waals surface area contributed by atoms with Gasteiger partial charge in [0.2, 0.25) is 0 Å². The van der Waals surface area contributed by atoms with Crippen LogP contribution in [0.3, 0.4) is 0 Å². The lowest BCUT2D eigenvalue weighted by atomic mass is 10.1. The number of nitrogens with zero attached hydrogens (tertiary/aromatic N) is 1. The van der Waals surface area contributed by atoms with Crippen LogP contribution in [0.4, 0.5) is 9.18 Å². The van der Waals surface area contributed by atoms with Gasteiger partial charge < -0.3 is 24.8 Å². The van der Waals surface area contributed by atoms with Gasteiger partial charge in [0.05, 0.1) is 31.9 Å². The Kier molecular flexibility index (Phi) is 4.91. The van der Waals surface area contributed by atoms with Gasteiger partial charge in [-0.15, -0.1) is 0 Å². The van der Waals surface area contributed by atoms with E-state index in [1.165, 1.54) is 13.2 Å². The molecule has 7 heteroatoms. The summed E-state index contributed by atoms with van der Waals surface area (Å²) in [7, 11) is 3.00. The molecule has 3 atom stereocenters. The van der Waals surface area contributed by atoms with Crippen molar-refractivity contribution in [2.45, 2.75) is 37.5 Å². The van der Waals surface area contributed by atoms with Gasteiger partial charge in [-0.25, -0.2) is 9.18 Å². The van der Waals surface area contributed by atoms with Crippen molar-refractivity contribution in [1.82, 2.24) is 10.2 Å². The molecule has 6 nitrogen and oxygen atoms in total. The minimum absolute atomic E-state index is 0.131. The highest BCUT2D eigenvalue weighted by atomic mass is 19.1. The molecule has 24 heavy (non-hydrogen) atoms. The molecule has 1 aliphatic carbocycles. The minimum atomic E-state index is -0.527. The molecule has 0 bridgehead atoms. The molecule has 0 saturated carbocycles. The van der Waals surface area contributed by atoms with E-state index < -0.39 is 6.10 Å². The predicted octanol–water partition coefficient (Wildman–Crippen LogP) is 1.61. The first-order valence-electron chi connectivity index (χ1n) is 8.14. The molecule has 1 heterocycles. The summed E-state index contributed by atoms with van der Waals surface area (Å²) in [5.74, 6) is -0.199. The number of likely N-dealkylation sites (tertiary alicyclic amines) is 1. The van der Waals surface area contributed by atoms with Crippen molar-refractivity contribution in [2.75, 3.05) is 27.4 Å². The number of amides is 2. The predicted molar refractivity (Wildman–Crippen MR) is 85.5 cm³/mol. The molecule has 1 unspecified atom stereocenters. The lowest BCUT2D eigenvalue weighted by molar-refractivity contribution is 0.122.